The summed E-state index contributed by atoms with van der Waals surface area (Å²) >= 11 is -0.591. The molecule has 80 valence electrons. The van der Waals surface area contributed by atoms with Crippen molar-refractivity contribution >= 4 is 11.8 Å². The molecule has 0 aromatic carbocycles. The minimum atomic E-state index is -4.59. The maximum Gasteiger partial charge on any atom is 0.447 e. The Morgan fingerprint density at radius 3 is 2.43 bits per heavy atom. The van der Waals surface area contributed by atoms with Gasteiger partial charge in [0.2, 0.25) is 0 Å². The summed E-state index contributed by atoms with van der Waals surface area (Å²) in [6, 6.07) is 0. The number of alkyl halides is 5. The Morgan fingerprint density at radius 2 is 2.00 bits per heavy atom. The summed E-state index contributed by atoms with van der Waals surface area (Å²) in [6.07, 6.45) is 0.972. The fraction of sp³-hybridized carbons (Fsp3) is 0.500. The Hall–Kier alpha value is -0.790. The fourth-order valence-corrected chi connectivity index (χ4v) is 1.47. The van der Waals surface area contributed by atoms with Crippen LogP contribution in [0.4, 0.5) is 22.0 Å². The molecule has 0 aliphatic carbocycles. The second kappa shape index (κ2) is 3.76. The molecule has 0 unspecified atom stereocenters. The van der Waals surface area contributed by atoms with Gasteiger partial charge in [-0.3, -0.25) is 0 Å². The number of rotatable bonds is 2. The van der Waals surface area contributed by atoms with Gasteiger partial charge in [0.05, 0.1) is 6.20 Å². The van der Waals surface area contributed by atoms with Gasteiger partial charge in [0.15, 0.2) is 0 Å². The zero-order valence-corrected chi connectivity index (χ0v) is 7.66. The van der Waals surface area contributed by atoms with Crippen LogP contribution in [0.5, 0.6) is 0 Å². The van der Waals surface area contributed by atoms with Crippen molar-refractivity contribution in [2.45, 2.75) is 24.0 Å². The Labute approximate surface area is 80.1 Å². The molecule has 0 spiro atoms. The smallest absolute Gasteiger partial charge is 0.197 e. The van der Waals surface area contributed by atoms with E-state index < -0.39 is 28.8 Å². The second-order valence-corrected chi connectivity index (χ2v) is 3.46. The Morgan fingerprint density at radius 1 is 1.43 bits per heavy atom. The van der Waals surface area contributed by atoms with E-state index in [1.807, 2.05) is 0 Å². The lowest BCUT2D eigenvalue weighted by Gasteiger charge is -2.08. The summed E-state index contributed by atoms with van der Waals surface area (Å²) in [4.78, 5) is 0. The summed E-state index contributed by atoms with van der Waals surface area (Å²) in [5, 5.41) is 2.57. The Balaban J connectivity index is 3.00. The molecule has 1 aromatic rings. The lowest BCUT2D eigenvalue weighted by Crippen LogP contribution is -2.07. The second-order valence-electron chi connectivity index (χ2n) is 2.40. The third-order valence-electron chi connectivity index (χ3n) is 1.32. The van der Waals surface area contributed by atoms with Crippen molar-refractivity contribution in [1.29, 1.82) is 0 Å². The molecule has 0 amide bonds. The van der Waals surface area contributed by atoms with Gasteiger partial charge in [0.1, 0.15) is 5.03 Å². The van der Waals surface area contributed by atoms with E-state index in [2.05, 4.69) is 5.10 Å². The minimum absolute atomic E-state index is 0.0491. The predicted molar refractivity (Wildman–Crippen MR) is 40.1 cm³/mol. The van der Waals surface area contributed by atoms with Crippen molar-refractivity contribution in [2.24, 2.45) is 0 Å². The molecule has 0 bridgehead atoms. The van der Waals surface area contributed by atoms with Gasteiger partial charge in [0, 0.05) is 17.3 Å². The van der Waals surface area contributed by atoms with Gasteiger partial charge in [-0.15, -0.1) is 0 Å². The van der Waals surface area contributed by atoms with Gasteiger partial charge in [0.25, 0.3) is 0 Å². The molecule has 0 radical (unpaired) electrons. The van der Waals surface area contributed by atoms with Gasteiger partial charge in [-0.05, 0) is 6.92 Å². The first-order valence-corrected chi connectivity index (χ1v) is 4.21. The lowest BCUT2D eigenvalue weighted by atomic mass is 10.4. The van der Waals surface area contributed by atoms with Gasteiger partial charge in [-0.1, -0.05) is 0 Å². The number of halogens is 5. The van der Waals surface area contributed by atoms with Crippen LogP contribution in [0.2, 0.25) is 0 Å². The first-order valence-electron chi connectivity index (χ1n) is 3.39. The van der Waals surface area contributed by atoms with Crippen LogP contribution >= 0.6 is 11.8 Å². The van der Waals surface area contributed by atoms with Crippen molar-refractivity contribution in [2.75, 3.05) is 0 Å². The third kappa shape index (κ3) is 2.60. The Bertz CT molecular complexity index is 319. The van der Waals surface area contributed by atoms with E-state index >= 15 is 0 Å². The first-order chi connectivity index (χ1) is 6.31. The molecule has 1 rings (SSSR count). The topological polar surface area (TPSA) is 17.8 Å². The molecule has 2 nitrogen and oxygen atoms in total. The van der Waals surface area contributed by atoms with E-state index in [0.29, 0.717) is 0 Å². The van der Waals surface area contributed by atoms with E-state index in [9.17, 15) is 22.0 Å². The monoisotopic (exact) mass is 232 g/mol. The van der Waals surface area contributed by atoms with E-state index in [4.69, 9.17) is 0 Å². The number of thioether (sulfide) groups is 1. The molecule has 0 saturated heterocycles. The maximum atomic E-state index is 12.1. The van der Waals surface area contributed by atoms with Gasteiger partial charge in [-0.2, -0.15) is 31.7 Å². The molecular formula is C6H5F5N2S. The molecule has 0 atom stereocenters. The van der Waals surface area contributed by atoms with Crippen LogP contribution in [-0.2, 0) is 0 Å². The van der Waals surface area contributed by atoms with Gasteiger partial charge in [-0.25, -0.2) is 0 Å². The summed E-state index contributed by atoms with van der Waals surface area (Å²) in [6.45, 7) is -1.77. The molecular weight excluding hydrogens is 227 g/mol. The number of nitrogens with zero attached hydrogens (tertiary/aromatic N) is 2. The van der Waals surface area contributed by atoms with Crippen molar-refractivity contribution in [3.8, 4) is 0 Å². The summed E-state index contributed by atoms with van der Waals surface area (Å²) in [7, 11) is 0. The third-order valence-corrected chi connectivity index (χ3v) is 2.25. The number of hydrogen-bond acceptors (Lipinski definition) is 2. The molecule has 8 heteroatoms. The van der Waals surface area contributed by atoms with Crippen LogP contribution < -0.4 is 0 Å². The first kappa shape index (κ1) is 11.3. The number of aryl methyl sites for hydroxylation is 1. The van der Waals surface area contributed by atoms with Crippen LogP contribution in [0, 0.1) is 6.92 Å². The van der Waals surface area contributed by atoms with Gasteiger partial charge >= 0.3 is 12.1 Å². The minimum Gasteiger partial charge on any atom is -0.197 e. The zero-order valence-electron chi connectivity index (χ0n) is 6.85. The van der Waals surface area contributed by atoms with Crippen LogP contribution in [0.15, 0.2) is 11.2 Å². The number of hydrogen-bond donors (Lipinski definition) is 0. The predicted octanol–water partition coefficient (Wildman–Crippen LogP) is 3.20. The van der Waals surface area contributed by atoms with E-state index in [0.717, 1.165) is 6.20 Å². The highest BCUT2D eigenvalue weighted by molar-refractivity contribution is 8.00. The molecule has 14 heavy (non-hydrogen) atoms. The SMILES string of the molecule is Cc1cnn(C(F)F)c1SC(F)(F)F. The highest BCUT2D eigenvalue weighted by Gasteiger charge is 2.33. The normalized spacial score (nSPS) is 12.5. The van der Waals surface area contributed by atoms with E-state index in [1.165, 1.54) is 6.92 Å². The zero-order chi connectivity index (χ0) is 10.9. The molecule has 0 aliphatic rings. The largest absolute Gasteiger partial charge is 0.447 e. The Kier molecular flexibility index (Phi) is 3.03. The van der Waals surface area contributed by atoms with Crippen LogP contribution in [0.1, 0.15) is 12.1 Å². The molecule has 0 N–H and O–H groups in total. The summed E-state index contributed by atoms with van der Waals surface area (Å²) in [5.74, 6) is 0. The van der Waals surface area contributed by atoms with Crippen molar-refractivity contribution < 1.29 is 22.0 Å². The van der Waals surface area contributed by atoms with E-state index in [-0.39, 0.29) is 10.2 Å². The fourth-order valence-electron chi connectivity index (χ4n) is 0.813. The standard InChI is InChI=1S/C6H5F5N2S/c1-3-2-12-13(5(7)8)4(3)14-6(9,10)11/h2,5H,1H3. The maximum absolute atomic E-state index is 12.1. The average molecular weight is 232 g/mol. The highest BCUT2D eigenvalue weighted by atomic mass is 32.2. The van der Waals surface area contributed by atoms with Crippen molar-refractivity contribution in [3.05, 3.63) is 11.8 Å². The average Bonchev–Trinajstić information content (AvgIpc) is 2.29. The molecule has 0 aliphatic heterocycles. The molecule has 1 heterocycles. The van der Waals surface area contributed by atoms with E-state index in [1.54, 1.807) is 0 Å². The van der Waals surface area contributed by atoms with Crippen LogP contribution in [0.25, 0.3) is 0 Å². The van der Waals surface area contributed by atoms with Crippen molar-refractivity contribution in [3.63, 3.8) is 0 Å². The molecule has 1 aromatic heterocycles. The van der Waals surface area contributed by atoms with Gasteiger partial charge < -0.3 is 0 Å². The van der Waals surface area contributed by atoms with Crippen molar-refractivity contribution in [1.82, 2.24) is 9.78 Å². The lowest BCUT2D eigenvalue weighted by molar-refractivity contribution is -0.0337. The van der Waals surface area contributed by atoms with Crippen LogP contribution in [0.3, 0.4) is 0 Å². The highest BCUT2D eigenvalue weighted by Crippen LogP contribution is 2.39. The van der Waals surface area contributed by atoms with Crippen LogP contribution in [-0.4, -0.2) is 15.3 Å². The molecule has 0 saturated carbocycles. The summed E-state index contributed by atoms with van der Waals surface area (Å²) < 4.78 is 60.1. The quantitative estimate of drug-likeness (QED) is 0.575. The molecule has 0 fully saturated rings. The number of aromatic nitrogens is 2. The summed E-state index contributed by atoms with van der Waals surface area (Å²) in [5.41, 5.74) is -4.51.